The van der Waals surface area contributed by atoms with Gasteiger partial charge in [0.2, 0.25) is 0 Å². The lowest BCUT2D eigenvalue weighted by molar-refractivity contribution is -0.137. The first kappa shape index (κ1) is 14.3. The van der Waals surface area contributed by atoms with Crippen molar-refractivity contribution in [2.24, 2.45) is 0 Å². The van der Waals surface area contributed by atoms with E-state index in [4.69, 9.17) is 11.5 Å². The molecule has 0 aliphatic carbocycles. The zero-order chi connectivity index (χ0) is 13.7. The van der Waals surface area contributed by atoms with Crippen molar-refractivity contribution in [1.29, 1.82) is 0 Å². The van der Waals surface area contributed by atoms with Crippen molar-refractivity contribution in [3.8, 4) is 12.3 Å². The number of carboxylic acid groups (broad SMARTS) is 1. The van der Waals surface area contributed by atoms with Gasteiger partial charge in [0.05, 0.1) is 6.54 Å². The van der Waals surface area contributed by atoms with Gasteiger partial charge in [0.15, 0.2) is 0 Å². The molecule has 1 aromatic rings. The molecule has 0 saturated carbocycles. The van der Waals surface area contributed by atoms with Crippen LogP contribution in [0.15, 0.2) is 22.7 Å². The van der Waals surface area contributed by atoms with Crippen LogP contribution in [0.4, 0.5) is 0 Å². The van der Waals surface area contributed by atoms with Gasteiger partial charge in [-0.05, 0) is 30.7 Å². The Balaban J connectivity index is 3.01. The lowest BCUT2D eigenvalue weighted by atomic mass is 10.1. The third-order valence-electron chi connectivity index (χ3n) is 2.18. The third-order valence-corrected chi connectivity index (χ3v) is 2.64. The van der Waals surface area contributed by atoms with Crippen LogP contribution in [-0.2, 0) is 4.79 Å². The summed E-state index contributed by atoms with van der Waals surface area (Å²) >= 11 is 3.29. The highest BCUT2D eigenvalue weighted by molar-refractivity contribution is 9.10. The van der Waals surface area contributed by atoms with Crippen LogP contribution in [0, 0.1) is 19.3 Å². The van der Waals surface area contributed by atoms with Gasteiger partial charge in [-0.25, -0.2) is 0 Å². The van der Waals surface area contributed by atoms with E-state index in [0.717, 1.165) is 14.9 Å². The fourth-order valence-electron chi connectivity index (χ4n) is 1.52. The van der Waals surface area contributed by atoms with Crippen molar-refractivity contribution in [2.45, 2.75) is 6.92 Å². The molecular formula is C13H12BrNO3. The summed E-state index contributed by atoms with van der Waals surface area (Å²) < 4.78 is 0.766. The number of benzene rings is 1. The molecule has 94 valence electrons. The molecule has 5 heteroatoms. The van der Waals surface area contributed by atoms with Gasteiger partial charge in [-0.1, -0.05) is 21.9 Å². The number of carbonyl (C=O) groups is 2. The minimum Gasteiger partial charge on any atom is -0.480 e. The summed E-state index contributed by atoms with van der Waals surface area (Å²) in [6, 6.07) is 5.19. The number of terminal acetylenes is 1. The average Bonchev–Trinajstić information content (AvgIpc) is 2.25. The van der Waals surface area contributed by atoms with Gasteiger partial charge in [-0.3, -0.25) is 9.59 Å². The van der Waals surface area contributed by atoms with E-state index in [-0.39, 0.29) is 12.5 Å². The van der Waals surface area contributed by atoms with E-state index in [1.807, 2.05) is 13.0 Å². The lowest BCUT2D eigenvalue weighted by Crippen LogP contribution is -2.36. The van der Waals surface area contributed by atoms with Crippen LogP contribution in [0.3, 0.4) is 0 Å². The molecular weight excluding hydrogens is 298 g/mol. The SMILES string of the molecule is C#CCN(CC(=O)O)C(=O)c1cc(C)cc(Br)c1. The standard InChI is InChI=1S/C13H12BrNO3/c1-3-4-15(8-12(16)17)13(18)10-5-9(2)6-11(14)7-10/h1,5-7H,4,8H2,2H3,(H,16,17). The molecule has 0 aliphatic rings. The molecule has 0 atom stereocenters. The Morgan fingerprint density at radius 3 is 2.61 bits per heavy atom. The van der Waals surface area contributed by atoms with Crippen molar-refractivity contribution in [1.82, 2.24) is 4.90 Å². The maximum atomic E-state index is 12.1. The maximum absolute atomic E-state index is 12.1. The van der Waals surface area contributed by atoms with Crippen LogP contribution in [-0.4, -0.2) is 35.0 Å². The Morgan fingerprint density at radius 2 is 2.11 bits per heavy atom. The molecule has 18 heavy (non-hydrogen) atoms. The minimum absolute atomic E-state index is 0.0311. The van der Waals surface area contributed by atoms with Gasteiger partial charge in [-0.15, -0.1) is 6.42 Å². The van der Waals surface area contributed by atoms with E-state index in [2.05, 4.69) is 21.9 Å². The van der Waals surface area contributed by atoms with E-state index in [1.54, 1.807) is 12.1 Å². The molecule has 0 spiro atoms. The first-order valence-electron chi connectivity index (χ1n) is 5.15. The number of aryl methyl sites for hydroxylation is 1. The molecule has 0 fully saturated rings. The highest BCUT2D eigenvalue weighted by Gasteiger charge is 2.18. The number of halogens is 1. The van der Waals surface area contributed by atoms with Gasteiger partial charge in [0.1, 0.15) is 6.54 Å². The Kier molecular flexibility index (Phi) is 4.93. The second-order valence-corrected chi connectivity index (χ2v) is 4.69. The van der Waals surface area contributed by atoms with E-state index in [1.165, 1.54) is 0 Å². The summed E-state index contributed by atoms with van der Waals surface area (Å²) in [7, 11) is 0. The number of rotatable bonds is 4. The summed E-state index contributed by atoms with van der Waals surface area (Å²) in [5, 5.41) is 8.74. The fraction of sp³-hybridized carbons (Fsp3) is 0.231. The van der Waals surface area contributed by atoms with Gasteiger partial charge >= 0.3 is 5.97 Å². The maximum Gasteiger partial charge on any atom is 0.323 e. The molecule has 1 amide bonds. The highest BCUT2D eigenvalue weighted by atomic mass is 79.9. The summed E-state index contributed by atoms with van der Waals surface area (Å²) in [4.78, 5) is 23.9. The molecule has 4 nitrogen and oxygen atoms in total. The van der Waals surface area contributed by atoms with Crippen LogP contribution in [0.1, 0.15) is 15.9 Å². The van der Waals surface area contributed by atoms with Gasteiger partial charge < -0.3 is 10.0 Å². The Bertz CT molecular complexity index is 499. The largest absolute Gasteiger partial charge is 0.480 e. The predicted molar refractivity (Wildman–Crippen MR) is 71.3 cm³/mol. The Morgan fingerprint density at radius 1 is 1.44 bits per heavy atom. The smallest absolute Gasteiger partial charge is 0.323 e. The van der Waals surface area contributed by atoms with Gasteiger partial charge in [-0.2, -0.15) is 0 Å². The first-order chi connectivity index (χ1) is 8.43. The van der Waals surface area contributed by atoms with E-state index >= 15 is 0 Å². The molecule has 0 unspecified atom stereocenters. The number of carbonyl (C=O) groups excluding carboxylic acids is 1. The normalized spacial score (nSPS) is 9.61. The van der Waals surface area contributed by atoms with Crippen LogP contribution in [0.2, 0.25) is 0 Å². The minimum atomic E-state index is -1.09. The van der Waals surface area contributed by atoms with Crippen molar-refractivity contribution < 1.29 is 14.7 Å². The number of hydrogen-bond donors (Lipinski definition) is 1. The fourth-order valence-corrected chi connectivity index (χ4v) is 2.12. The van der Waals surface area contributed by atoms with Crippen molar-refractivity contribution in [3.05, 3.63) is 33.8 Å². The predicted octanol–water partition coefficient (Wildman–Crippen LogP) is 1.92. The van der Waals surface area contributed by atoms with Crippen molar-refractivity contribution in [2.75, 3.05) is 13.1 Å². The Labute approximate surface area is 114 Å². The van der Waals surface area contributed by atoms with Crippen molar-refractivity contribution >= 4 is 27.8 Å². The van der Waals surface area contributed by atoms with E-state index in [0.29, 0.717) is 5.56 Å². The highest BCUT2D eigenvalue weighted by Crippen LogP contribution is 2.16. The number of hydrogen-bond acceptors (Lipinski definition) is 2. The van der Waals surface area contributed by atoms with Crippen LogP contribution in [0.5, 0.6) is 0 Å². The molecule has 0 heterocycles. The van der Waals surface area contributed by atoms with Crippen LogP contribution < -0.4 is 0 Å². The van der Waals surface area contributed by atoms with Gasteiger partial charge in [0, 0.05) is 10.0 Å². The molecule has 1 rings (SSSR count). The summed E-state index contributed by atoms with van der Waals surface area (Å²) in [5.74, 6) is 0.802. The van der Waals surface area contributed by atoms with Crippen LogP contribution in [0.25, 0.3) is 0 Å². The summed E-state index contributed by atoms with van der Waals surface area (Å²) in [6.07, 6.45) is 5.13. The molecule has 0 aliphatic heterocycles. The van der Waals surface area contributed by atoms with Crippen molar-refractivity contribution in [3.63, 3.8) is 0 Å². The topological polar surface area (TPSA) is 57.6 Å². The van der Waals surface area contributed by atoms with E-state index in [9.17, 15) is 9.59 Å². The molecule has 0 aromatic heterocycles. The molecule has 0 radical (unpaired) electrons. The number of amides is 1. The first-order valence-corrected chi connectivity index (χ1v) is 5.95. The molecule has 1 aromatic carbocycles. The third kappa shape index (κ3) is 3.90. The van der Waals surface area contributed by atoms with E-state index < -0.39 is 12.5 Å². The summed E-state index contributed by atoms with van der Waals surface area (Å²) in [5.41, 5.74) is 1.32. The molecule has 1 N–H and O–H groups in total. The number of nitrogens with zero attached hydrogens (tertiary/aromatic N) is 1. The van der Waals surface area contributed by atoms with Crippen LogP contribution >= 0.6 is 15.9 Å². The van der Waals surface area contributed by atoms with Gasteiger partial charge in [0.25, 0.3) is 5.91 Å². The quantitative estimate of drug-likeness (QED) is 0.865. The lowest BCUT2D eigenvalue weighted by Gasteiger charge is -2.18. The zero-order valence-electron chi connectivity index (χ0n) is 9.81. The molecule has 0 bridgehead atoms. The Hall–Kier alpha value is -1.80. The second kappa shape index (κ2) is 6.22. The summed E-state index contributed by atoms with van der Waals surface area (Å²) in [6.45, 7) is 1.41. The zero-order valence-corrected chi connectivity index (χ0v) is 11.4. The molecule has 0 saturated heterocycles. The number of carboxylic acids is 1. The monoisotopic (exact) mass is 309 g/mol. The number of aliphatic carboxylic acids is 1. The second-order valence-electron chi connectivity index (χ2n) is 3.78. The average molecular weight is 310 g/mol.